The molecule has 1 rings (SSSR count). The summed E-state index contributed by atoms with van der Waals surface area (Å²) < 4.78 is 0. The third-order valence-electron chi connectivity index (χ3n) is 3.73. The average molecular weight is 250 g/mol. The Morgan fingerprint density at radius 2 is 1.72 bits per heavy atom. The Hall–Kier alpha value is -0.790. The van der Waals surface area contributed by atoms with E-state index < -0.39 is 0 Å². The Balaban J connectivity index is 2.73. The molecule has 0 radical (unpaired) electrons. The SMILES string of the molecule is CCN(CC)C(CC=C(C)C)=NC1CCCCC1. The molecule has 2 nitrogen and oxygen atoms in total. The molecule has 0 atom stereocenters. The van der Waals surface area contributed by atoms with Crippen LogP contribution in [0.5, 0.6) is 0 Å². The summed E-state index contributed by atoms with van der Waals surface area (Å²) in [5, 5.41) is 0. The van der Waals surface area contributed by atoms with E-state index >= 15 is 0 Å². The van der Waals surface area contributed by atoms with E-state index in [-0.39, 0.29) is 0 Å². The zero-order chi connectivity index (χ0) is 13.4. The number of rotatable bonds is 5. The van der Waals surface area contributed by atoms with Gasteiger partial charge in [0.05, 0.1) is 6.04 Å². The van der Waals surface area contributed by atoms with Gasteiger partial charge in [-0.2, -0.15) is 0 Å². The third-order valence-corrected chi connectivity index (χ3v) is 3.73. The highest BCUT2D eigenvalue weighted by Gasteiger charge is 2.14. The topological polar surface area (TPSA) is 15.6 Å². The highest BCUT2D eigenvalue weighted by atomic mass is 15.2. The number of allylic oxidation sites excluding steroid dienone is 1. The van der Waals surface area contributed by atoms with E-state index in [4.69, 9.17) is 4.99 Å². The molecule has 0 unspecified atom stereocenters. The summed E-state index contributed by atoms with van der Waals surface area (Å²) in [7, 11) is 0. The van der Waals surface area contributed by atoms with E-state index in [1.807, 2.05) is 0 Å². The van der Waals surface area contributed by atoms with Crippen molar-refractivity contribution in [3.63, 3.8) is 0 Å². The first-order valence-electron chi connectivity index (χ1n) is 7.62. The average Bonchev–Trinajstić information content (AvgIpc) is 2.38. The number of hydrogen-bond donors (Lipinski definition) is 0. The third kappa shape index (κ3) is 5.24. The lowest BCUT2D eigenvalue weighted by Gasteiger charge is -2.26. The highest BCUT2D eigenvalue weighted by molar-refractivity contribution is 5.83. The number of nitrogens with zero attached hydrogens (tertiary/aromatic N) is 2. The Kier molecular flexibility index (Phi) is 7.07. The summed E-state index contributed by atoms with van der Waals surface area (Å²) in [5.41, 5.74) is 1.39. The van der Waals surface area contributed by atoms with Crippen LogP contribution >= 0.6 is 0 Å². The molecular formula is C16H30N2. The van der Waals surface area contributed by atoms with Crippen molar-refractivity contribution in [3.8, 4) is 0 Å². The summed E-state index contributed by atoms with van der Waals surface area (Å²) >= 11 is 0. The van der Waals surface area contributed by atoms with Crippen LogP contribution in [-0.2, 0) is 0 Å². The summed E-state index contributed by atoms with van der Waals surface area (Å²) in [5.74, 6) is 1.30. The maximum absolute atomic E-state index is 5.05. The standard InChI is InChI=1S/C16H30N2/c1-5-18(6-2)16(13-12-14(3)4)17-15-10-8-7-9-11-15/h12,15H,5-11,13H2,1-4H3. The fraction of sp³-hybridized carbons (Fsp3) is 0.812. The molecule has 0 spiro atoms. The molecule has 1 fully saturated rings. The van der Waals surface area contributed by atoms with E-state index in [1.54, 1.807) is 0 Å². The Morgan fingerprint density at radius 1 is 1.11 bits per heavy atom. The van der Waals surface area contributed by atoms with Gasteiger partial charge in [0.25, 0.3) is 0 Å². The highest BCUT2D eigenvalue weighted by Crippen LogP contribution is 2.21. The molecular weight excluding hydrogens is 220 g/mol. The van der Waals surface area contributed by atoms with Crippen molar-refractivity contribution in [2.45, 2.75) is 72.3 Å². The number of aliphatic imine (C=N–C) groups is 1. The number of hydrogen-bond acceptors (Lipinski definition) is 1. The van der Waals surface area contributed by atoms with Crippen LogP contribution in [0.3, 0.4) is 0 Å². The van der Waals surface area contributed by atoms with Crippen LogP contribution in [0.2, 0.25) is 0 Å². The van der Waals surface area contributed by atoms with Gasteiger partial charge in [-0.15, -0.1) is 0 Å². The van der Waals surface area contributed by atoms with Crippen molar-refractivity contribution >= 4 is 5.84 Å². The fourth-order valence-electron chi connectivity index (χ4n) is 2.57. The Bertz CT molecular complexity index is 277. The van der Waals surface area contributed by atoms with Gasteiger partial charge in [-0.1, -0.05) is 30.9 Å². The second kappa shape index (κ2) is 8.34. The zero-order valence-corrected chi connectivity index (χ0v) is 12.7. The van der Waals surface area contributed by atoms with Gasteiger partial charge in [0, 0.05) is 19.5 Å². The summed E-state index contributed by atoms with van der Waals surface area (Å²) in [4.78, 5) is 7.46. The van der Waals surface area contributed by atoms with Crippen LogP contribution in [0, 0.1) is 0 Å². The van der Waals surface area contributed by atoms with Crippen molar-refractivity contribution in [2.75, 3.05) is 13.1 Å². The molecule has 0 saturated heterocycles. The predicted octanol–water partition coefficient (Wildman–Crippen LogP) is 4.42. The van der Waals surface area contributed by atoms with E-state index in [9.17, 15) is 0 Å². The first-order chi connectivity index (χ1) is 8.67. The quantitative estimate of drug-likeness (QED) is 0.401. The molecule has 0 amide bonds. The fourth-order valence-corrected chi connectivity index (χ4v) is 2.57. The zero-order valence-electron chi connectivity index (χ0n) is 12.7. The lowest BCUT2D eigenvalue weighted by molar-refractivity contribution is 0.419. The molecule has 0 N–H and O–H groups in total. The van der Waals surface area contributed by atoms with Crippen LogP contribution in [0.25, 0.3) is 0 Å². The van der Waals surface area contributed by atoms with Gasteiger partial charge in [0.15, 0.2) is 0 Å². The maximum atomic E-state index is 5.05. The maximum Gasteiger partial charge on any atom is 0.103 e. The first-order valence-corrected chi connectivity index (χ1v) is 7.62. The molecule has 0 bridgehead atoms. The van der Waals surface area contributed by atoms with Gasteiger partial charge in [-0.05, 0) is 40.5 Å². The molecule has 1 saturated carbocycles. The van der Waals surface area contributed by atoms with Crippen LogP contribution in [0.4, 0.5) is 0 Å². The molecule has 1 aliphatic rings. The van der Waals surface area contributed by atoms with Gasteiger partial charge in [0.2, 0.25) is 0 Å². The van der Waals surface area contributed by atoms with Crippen LogP contribution in [0.1, 0.15) is 66.2 Å². The smallest absolute Gasteiger partial charge is 0.103 e. The summed E-state index contributed by atoms with van der Waals surface area (Å²) in [6, 6.07) is 0.583. The van der Waals surface area contributed by atoms with Crippen molar-refractivity contribution < 1.29 is 0 Å². The second-order valence-corrected chi connectivity index (χ2v) is 5.50. The van der Waals surface area contributed by atoms with Gasteiger partial charge < -0.3 is 4.90 Å². The van der Waals surface area contributed by atoms with Crippen molar-refractivity contribution in [1.82, 2.24) is 4.90 Å². The Labute approximate surface area is 113 Å². The molecule has 0 aromatic rings. The Morgan fingerprint density at radius 3 is 2.22 bits per heavy atom. The first kappa shape index (κ1) is 15.3. The van der Waals surface area contributed by atoms with E-state index in [2.05, 4.69) is 38.7 Å². The van der Waals surface area contributed by atoms with E-state index in [1.165, 1.54) is 43.5 Å². The summed E-state index contributed by atoms with van der Waals surface area (Å²) in [6.45, 7) is 10.9. The van der Waals surface area contributed by atoms with Gasteiger partial charge >= 0.3 is 0 Å². The molecule has 104 valence electrons. The molecule has 1 aliphatic carbocycles. The second-order valence-electron chi connectivity index (χ2n) is 5.50. The molecule has 0 heterocycles. The largest absolute Gasteiger partial charge is 0.361 e. The minimum Gasteiger partial charge on any atom is -0.361 e. The lowest BCUT2D eigenvalue weighted by atomic mass is 9.96. The van der Waals surface area contributed by atoms with Crippen molar-refractivity contribution in [1.29, 1.82) is 0 Å². The molecule has 0 aromatic carbocycles. The molecule has 18 heavy (non-hydrogen) atoms. The lowest BCUT2D eigenvalue weighted by Crippen LogP contribution is -2.32. The van der Waals surface area contributed by atoms with Crippen LogP contribution in [-0.4, -0.2) is 29.9 Å². The van der Waals surface area contributed by atoms with Crippen molar-refractivity contribution in [3.05, 3.63) is 11.6 Å². The van der Waals surface area contributed by atoms with Crippen molar-refractivity contribution in [2.24, 2.45) is 4.99 Å². The summed E-state index contributed by atoms with van der Waals surface area (Å²) in [6.07, 6.45) is 10.0. The van der Waals surface area contributed by atoms with E-state index in [0.29, 0.717) is 6.04 Å². The van der Waals surface area contributed by atoms with Gasteiger partial charge in [-0.25, -0.2) is 0 Å². The molecule has 2 heteroatoms. The van der Waals surface area contributed by atoms with Gasteiger partial charge in [0.1, 0.15) is 5.84 Å². The number of amidine groups is 1. The van der Waals surface area contributed by atoms with Crippen LogP contribution < -0.4 is 0 Å². The monoisotopic (exact) mass is 250 g/mol. The minimum atomic E-state index is 0.583. The molecule has 0 aromatic heterocycles. The normalized spacial score (nSPS) is 17.7. The molecule has 0 aliphatic heterocycles. The van der Waals surface area contributed by atoms with Gasteiger partial charge in [-0.3, -0.25) is 4.99 Å². The predicted molar refractivity (Wildman–Crippen MR) is 81.3 cm³/mol. The van der Waals surface area contributed by atoms with Crippen LogP contribution in [0.15, 0.2) is 16.6 Å². The van der Waals surface area contributed by atoms with E-state index in [0.717, 1.165) is 19.5 Å². The minimum absolute atomic E-state index is 0.583.